The molecule has 6 atom stereocenters. The van der Waals surface area contributed by atoms with Gasteiger partial charge in [0.25, 0.3) is 0 Å². The fraction of sp³-hybridized carbons (Fsp3) is 0.850. The molecule has 2 saturated heterocycles. The lowest BCUT2D eigenvalue weighted by Crippen LogP contribution is -2.97. The van der Waals surface area contributed by atoms with Crippen molar-refractivity contribution in [3.8, 4) is 0 Å². The SMILES string of the molecule is C=C1CCC[C@]2(C)C[C@H]3OC(=O)[C@@H](C[NH2+][C@@]4(C)CCS(=O)(=O)C4)[C@H]3C[C@H]12. The minimum atomic E-state index is -2.93. The van der Waals surface area contributed by atoms with Crippen molar-refractivity contribution in [1.29, 1.82) is 0 Å². The second kappa shape index (κ2) is 6.06. The maximum Gasteiger partial charge on any atom is 0.315 e. The third-order valence-electron chi connectivity index (χ3n) is 7.72. The van der Waals surface area contributed by atoms with E-state index in [0.29, 0.717) is 18.9 Å². The van der Waals surface area contributed by atoms with Crippen molar-refractivity contribution in [2.45, 2.75) is 64.0 Å². The number of allylic oxidation sites excluding steroid dienone is 1. The molecule has 0 aromatic heterocycles. The average Bonchev–Trinajstić information content (AvgIpc) is 2.98. The maximum absolute atomic E-state index is 12.6. The van der Waals surface area contributed by atoms with E-state index in [1.165, 1.54) is 18.4 Å². The zero-order chi connectivity index (χ0) is 18.7. The smallest absolute Gasteiger partial charge is 0.315 e. The Morgan fingerprint density at radius 2 is 2.08 bits per heavy atom. The monoisotopic (exact) mass is 382 g/mol. The molecule has 0 radical (unpaired) electrons. The summed E-state index contributed by atoms with van der Waals surface area (Å²) in [6, 6.07) is 0. The second-order valence-electron chi connectivity index (χ2n) is 9.84. The summed E-state index contributed by atoms with van der Waals surface area (Å²) >= 11 is 0. The highest BCUT2D eigenvalue weighted by atomic mass is 32.2. The van der Waals surface area contributed by atoms with Crippen LogP contribution in [0.25, 0.3) is 0 Å². The highest BCUT2D eigenvalue weighted by Crippen LogP contribution is 2.56. The summed E-state index contributed by atoms with van der Waals surface area (Å²) in [6.45, 7) is 9.33. The van der Waals surface area contributed by atoms with E-state index in [1.807, 2.05) is 6.92 Å². The Labute approximate surface area is 156 Å². The molecule has 2 aliphatic heterocycles. The standard InChI is InChI=1S/C20H31NO4S/c1-13-5-4-6-19(2)10-17-14(9-16(13)19)15(18(22)25-17)11-21-20(3)7-8-26(23,24)12-20/h14-17,21H,1,4-12H2,2-3H3/p+1/t14-,15+,16-,17-,19-,20+/m1/s1. The zero-order valence-corrected chi connectivity index (χ0v) is 16.8. The molecule has 2 saturated carbocycles. The van der Waals surface area contributed by atoms with Gasteiger partial charge < -0.3 is 10.1 Å². The van der Waals surface area contributed by atoms with Crippen LogP contribution >= 0.6 is 0 Å². The molecule has 5 nitrogen and oxygen atoms in total. The molecule has 6 heteroatoms. The van der Waals surface area contributed by atoms with E-state index >= 15 is 0 Å². The molecule has 0 bridgehead atoms. The van der Waals surface area contributed by atoms with Gasteiger partial charge in [0, 0.05) is 12.3 Å². The van der Waals surface area contributed by atoms with Crippen LogP contribution in [0.1, 0.15) is 52.4 Å². The predicted octanol–water partition coefficient (Wildman–Crippen LogP) is 1.44. The van der Waals surface area contributed by atoms with Crippen molar-refractivity contribution in [2.24, 2.45) is 23.2 Å². The van der Waals surface area contributed by atoms with E-state index in [-0.39, 0.29) is 46.4 Å². The van der Waals surface area contributed by atoms with Gasteiger partial charge in [-0.15, -0.1) is 0 Å². The molecular weight excluding hydrogens is 350 g/mol. The van der Waals surface area contributed by atoms with E-state index < -0.39 is 9.84 Å². The number of nitrogens with two attached hydrogens (primary N) is 1. The molecule has 26 heavy (non-hydrogen) atoms. The summed E-state index contributed by atoms with van der Waals surface area (Å²) in [5, 5.41) is 2.11. The predicted molar refractivity (Wildman–Crippen MR) is 99.2 cm³/mol. The number of hydrogen-bond acceptors (Lipinski definition) is 4. The second-order valence-corrected chi connectivity index (χ2v) is 12.0. The Morgan fingerprint density at radius 1 is 1.31 bits per heavy atom. The minimum absolute atomic E-state index is 0.0353. The van der Waals surface area contributed by atoms with Crippen molar-refractivity contribution in [3.63, 3.8) is 0 Å². The van der Waals surface area contributed by atoms with E-state index in [0.717, 1.165) is 19.3 Å². The number of carbonyl (C=O) groups is 1. The molecule has 146 valence electrons. The lowest BCUT2D eigenvalue weighted by Gasteiger charge is -2.49. The van der Waals surface area contributed by atoms with E-state index in [2.05, 4.69) is 18.8 Å². The first-order chi connectivity index (χ1) is 12.1. The van der Waals surface area contributed by atoms with Gasteiger partial charge in [-0.05, 0) is 50.4 Å². The Kier molecular flexibility index (Phi) is 4.31. The Bertz CT molecular complexity index is 732. The Morgan fingerprint density at radius 3 is 2.77 bits per heavy atom. The molecule has 0 aromatic rings. The van der Waals surface area contributed by atoms with E-state index in [9.17, 15) is 13.2 Å². The van der Waals surface area contributed by atoms with Gasteiger partial charge in [0.05, 0.1) is 12.3 Å². The van der Waals surface area contributed by atoms with E-state index in [1.54, 1.807) is 0 Å². The van der Waals surface area contributed by atoms with Crippen molar-refractivity contribution < 1.29 is 23.3 Å². The maximum atomic E-state index is 12.6. The van der Waals surface area contributed by atoms with Gasteiger partial charge in [0.1, 0.15) is 23.3 Å². The zero-order valence-electron chi connectivity index (χ0n) is 16.0. The molecule has 2 aliphatic carbocycles. The molecule has 0 aromatic carbocycles. The molecule has 0 unspecified atom stereocenters. The third kappa shape index (κ3) is 3.13. The first-order valence-corrected chi connectivity index (χ1v) is 11.9. The average molecular weight is 383 g/mol. The van der Waals surface area contributed by atoms with Crippen molar-refractivity contribution in [2.75, 3.05) is 18.1 Å². The van der Waals surface area contributed by atoms with Crippen LogP contribution in [0.3, 0.4) is 0 Å². The fourth-order valence-electron chi connectivity index (χ4n) is 6.13. The highest BCUT2D eigenvalue weighted by Gasteiger charge is 2.56. The first kappa shape index (κ1) is 18.5. The number of esters is 1. The summed E-state index contributed by atoms with van der Waals surface area (Å²) in [6.07, 6.45) is 6.16. The fourth-order valence-corrected chi connectivity index (χ4v) is 8.32. The van der Waals surface area contributed by atoms with Crippen LogP contribution < -0.4 is 5.32 Å². The summed E-state index contributed by atoms with van der Waals surface area (Å²) < 4.78 is 29.5. The van der Waals surface area contributed by atoms with E-state index in [4.69, 9.17) is 4.74 Å². The lowest BCUT2D eigenvalue weighted by molar-refractivity contribution is -0.722. The highest BCUT2D eigenvalue weighted by molar-refractivity contribution is 7.91. The number of hydrogen-bond donors (Lipinski definition) is 1. The number of carbonyl (C=O) groups excluding carboxylic acids is 1. The van der Waals surface area contributed by atoms with Crippen LogP contribution in [0.2, 0.25) is 0 Å². The summed E-state index contributed by atoms with van der Waals surface area (Å²) in [5.74, 6) is 1.05. The quantitative estimate of drug-likeness (QED) is 0.592. The molecule has 0 spiro atoms. The molecule has 4 fully saturated rings. The largest absolute Gasteiger partial charge is 0.462 e. The molecule has 0 amide bonds. The van der Waals surface area contributed by atoms with Crippen molar-refractivity contribution in [1.82, 2.24) is 0 Å². The van der Waals surface area contributed by atoms with Gasteiger partial charge in [-0.25, -0.2) is 8.42 Å². The number of sulfone groups is 1. The van der Waals surface area contributed by atoms with Gasteiger partial charge >= 0.3 is 5.97 Å². The van der Waals surface area contributed by atoms with Gasteiger partial charge in [0.15, 0.2) is 9.84 Å². The summed E-state index contributed by atoms with van der Waals surface area (Å²) in [4.78, 5) is 12.6. The van der Waals surface area contributed by atoms with Crippen LogP contribution in [0.4, 0.5) is 0 Å². The van der Waals surface area contributed by atoms with Crippen LogP contribution in [-0.4, -0.2) is 44.1 Å². The van der Waals surface area contributed by atoms with Gasteiger partial charge in [0.2, 0.25) is 0 Å². The van der Waals surface area contributed by atoms with Crippen LogP contribution in [0, 0.1) is 23.2 Å². The number of ether oxygens (including phenoxy) is 1. The first-order valence-electron chi connectivity index (χ1n) is 10.0. The third-order valence-corrected chi connectivity index (χ3v) is 9.64. The van der Waals surface area contributed by atoms with Crippen molar-refractivity contribution in [3.05, 3.63) is 12.2 Å². The Hall–Kier alpha value is -0.880. The molecular formula is C20H32NO4S+. The molecule has 4 aliphatic rings. The van der Waals surface area contributed by atoms with Gasteiger partial charge in [-0.2, -0.15) is 0 Å². The number of rotatable bonds is 3. The molecule has 2 heterocycles. The van der Waals surface area contributed by atoms with Gasteiger partial charge in [-0.3, -0.25) is 4.79 Å². The topological polar surface area (TPSA) is 77.0 Å². The molecule has 4 rings (SSSR count). The Balaban J connectivity index is 1.47. The summed E-state index contributed by atoms with van der Waals surface area (Å²) in [7, 11) is -2.93. The minimum Gasteiger partial charge on any atom is -0.462 e. The van der Waals surface area contributed by atoms with Crippen LogP contribution in [0.15, 0.2) is 12.2 Å². The van der Waals surface area contributed by atoms with Crippen LogP contribution in [-0.2, 0) is 19.4 Å². The van der Waals surface area contributed by atoms with Crippen LogP contribution in [0.5, 0.6) is 0 Å². The van der Waals surface area contributed by atoms with Crippen molar-refractivity contribution >= 4 is 15.8 Å². The number of quaternary nitrogens is 1. The molecule has 2 N–H and O–H groups in total. The lowest BCUT2D eigenvalue weighted by atomic mass is 9.55. The number of fused-ring (bicyclic) bond motifs is 2. The summed E-state index contributed by atoms with van der Waals surface area (Å²) in [5.41, 5.74) is 1.28. The van der Waals surface area contributed by atoms with Gasteiger partial charge in [-0.1, -0.05) is 19.1 Å². The normalized spacial score (nSPS) is 47.3.